The number of hydrazine groups is 1. The van der Waals surface area contributed by atoms with Gasteiger partial charge < -0.3 is 21.3 Å². The zero-order chi connectivity index (χ0) is 39.3. The summed E-state index contributed by atoms with van der Waals surface area (Å²) in [6, 6.07) is 55.8. The minimum atomic E-state index is -0.881. The van der Waals surface area contributed by atoms with Crippen LogP contribution < -0.4 is 26.3 Å². The van der Waals surface area contributed by atoms with Crippen molar-refractivity contribution in [3.8, 4) is 0 Å². The zero-order valence-corrected chi connectivity index (χ0v) is 33.8. The van der Waals surface area contributed by atoms with E-state index in [0.29, 0.717) is 13.1 Å². The lowest BCUT2D eigenvalue weighted by Crippen LogP contribution is -2.69. The first-order valence-electron chi connectivity index (χ1n) is 19.8. The van der Waals surface area contributed by atoms with Crippen LogP contribution in [0.15, 0.2) is 158 Å². The van der Waals surface area contributed by atoms with E-state index < -0.39 is 5.79 Å². The van der Waals surface area contributed by atoms with E-state index in [2.05, 4.69) is 234 Å². The van der Waals surface area contributed by atoms with Crippen molar-refractivity contribution in [2.75, 3.05) is 67.1 Å². The highest BCUT2D eigenvalue weighted by Crippen LogP contribution is 2.51. The molecule has 0 spiro atoms. The number of nitrogens with one attached hydrogen (secondary N) is 4. The summed E-state index contributed by atoms with van der Waals surface area (Å²) in [5.41, 5.74) is 10.6. The average molecular weight is 747 g/mol. The van der Waals surface area contributed by atoms with Gasteiger partial charge in [0.05, 0.1) is 34.1 Å². The van der Waals surface area contributed by atoms with Crippen molar-refractivity contribution in [2.24, 2.45) is 0 Å². The standard InChI is InChI=1S/C48H58N8/c1-7-50-46-44(49-4)35-43(45(51-36-38-25-15-10-16-26-38)47(46)52-40-29-19-12-20-30-40)48(53(5)6,54(8-2)9-3)55(37-39-27-17-11-18-28-39)56(41-31-21-13-22-32-41)42-33-23-14-24-34-42/h10-35,49-52H,7-9,36-37H2,1-6H3. The molecule has 0 amide bonds. The van der Waals surface area contributed by atoms with E-state index in [1.54, 1.807) is 0 Å². The molecule has 0 saturated heterocycles. The van der Waals surface area contributed by atoms with Crippen LogP contribution in [-0.2, 0) is 18.9 Å². The molecule has 6 aromatic rings. The largest absolute Gasteiger partial charge is 0.386 e. The molecule has 0 aromatic heterocycles. The number of nitrogens with zero attached hydrogens (tertiary/aromatic N) is 4. The van der Waals surface area contributed by atoms with Crippen molar-refractivity contribution in [2.45, 2.75) is 39.6 Å². The second kappa shape index (κ2) is 19.2. The maximum absolute atomic E-state index is 4.04. The van der Waals surface area contributed by atoms with Gasteiger partial charge in [-0.25, -0.2) is 0 Å². The molecule has 0 aliphatic rings. The SMILES string of the molecule is CCNc1c(NC)cc(C(N(C)C)(N(CC)CC)N(Cc2ccccc2)N(c2ccccc2)c2ccccc2)c(NCc2ccccc2)c1Nc1ccccc1. The van der Waals surface area contributed by atoms with Gasteiger partial charge >= 0.3 is 0 Å². The van der Waals surface area contributed by atoms with Crippen LogP contribution in [0.2, 0.25) is 0 Å². The second-order valence-electron chi connectivity index (χ2n) is 13.9. The first-order valence-corrected chi connectivity index (χ1v) is 19.8. The highest BCUT2D eigenvalue weighted by molar-refractivity contribution is 5.96. The minimum absolute atomic E-state index is 0.600. The van der Waals surface area contributed by atoms with Crippen molar-refractivity contribution in [3.63, 3.8) is 0 Å². The van der Waals surface area contributed by atoms with E-state index in [9.17, 15) is 0 Å². The fourth-order valence-corrected chi connectivity index (χ4v) is 7.80. The lowest BCUT2D eigenvalue weighted by atomic mass is 9.95. The molecule has 8 heteroatoms. The van der Waals surface area contributed by atoms with Gasteiger partial charge in [0, 0.05) is 37.9 Å². The number of hydrogen-bond donors (Lipinski definition) is 4. The maximum atomic E-state index is 4.04. The summed E-state index contributed by atoms with van der Waals surface area (Å²) in [7, 11) is 6.44. The molecule has 4 N–H and O–H groups in total. The topological polar surface area (TPSA) is 61.1 Å². The Morgan fingerprint density at radius 1 is 0.554 bits per heavy atom. The fraction of sp³-hybridized carbons (Fsp3) is 0.250. The molecule has 0 radical (unpaired) electrons. The molecule has 0 saturated carbocycles. The average Bonchev–Trinajstić information content (AvgIpc) is 3.24. The van der Waals surface area contributed by atoms with Gasteiger partial charge in [-0.2, -0.15) is 5.01 Å². The Hall–Kier alpha value is -5.80. The van der Waals surface area contributed by atoms with Gasteiger partial charge in [0.1, 0.15) is 0 Å². The van der Waals surface area contributed by atoms with Gasteiger partial charge in [0.15, 0.2) is 5.79 Å². The monoisotopic (exact) mass is 746 g/mol. The lowest BCUT2D eigenvalue weighted by molar-refractivity contribution is -0.162. The van der Waals surface area contributed by atoms with Crippen LogP contribution >= 0.6 is 0 Å². The summed E-state index contributed by atoms with van der Waals surface area (Å²) in [6.07, 6.45) is 0. The highest BCUT2D eigenvalue weighted by Gasteiger charge is 2.51. The summed E-state index contributed by atoms with van der Waals surface area (Å²) in [4.78, 5) is 4.97. The van der Waals surface area contributed by atoms with Gasteiger partial charge in [0.2, 0.25) is 0 Å². The highest BCUT2D eigenvalue weighted by atomic mass is 15.8. The molecule has 6 aromatic carbocycles. The number of hydrogen-bond acceptors (Lipinski definition) is 8. The summed E-state index contributed by atoms with van der Waals surface area (Å²) < 4.78 is 0. The van der Waals surface area contributed by atoms with E-state index >= 15 is 0 Å². The fourth-order valence-electron chi connectivity index (χ4n) is 7.80. The van der Waals surface area contributed by atoms with Crippen LogP contribution in [0.1, 0.15) is 37.5 Å². The van der Waals surface area contributed by atoms with Gasteiger partial charge in [-0.1, -0.05) is 129 Å². The van der Waals surface area contributed by atoms with Gasteiger partial charge in [-0.05, 0) is 87.7 Å². The molecule has 1 atom stereocenters. The van der Waals surface area contributed by atoms with Crippen LogP contribution in [0.3, 0.4) is 0 Å². The van der Waals surface area contributed by atoms with E-state index in [1.807, 2.05) is 7.05 Å². The third-order valence-corrected chi connectivity index (χ3v) is 10.3. The Labute approximate surface area is 334 Å². The van der Waals surface area contributed by atoms with Crippen molar-refractivity contribution in [1.29, 1.82) is 0 Å². The Morgan fingerprint density at radius 2 is 1.05 bits per heavy atom. The van der Waals surface area contributed by atoms with Crippen LogP contribution in [0, 0.1) is 0 Å². The number of para-hydroxylation sites is 3. The summed E-state index contributed by atoms with van der Waals surface area (Å²) in [5.74, 6) is -0.881. The third kappa shape index (κ3) is 8.53. The van der Waals surface area contributed by atoms with Crippen LogP contribution in [0.4, 0.5) is 39.8 Å². The third-order valence-electron chi connectivity index (χ3n) is 10.3. The molecule has 56 heavy (non-hydrogen) atoms. The molecule has 0 aliphatic heterocycles. The Bertz CT molecular complexity index is 2020. The van der Waals surface area contributed by atoms with Crippen molar-refractivity contribution in [3.05, 3.63) is 174 Å². The first-order chi connectivity index (χ1) is 27.5. The summed E-state index contributed by atoms with van der Waals surface area (Å²) in [5, 5.41) is 20.3. The maximum Gasteiger partial charge on any atom is 0.177 e. The quantitative estimate of drug-likeness (QED) is 0.0483. The molecule has 290 valence electrons. The van der Waals surface area contributed by atoms with E-state index in [0.717, 1.165) is 65.0 Å². The zero-order valence-electron chi connectivity index (χ0n) is 33.8. The van der Waals surface area contributed by atoms with Gasteiger partial charge in [-0.15, -0.1) is 0 Å². The lowest BCUT2D eigenvalue weighted by Gasteiger charge is -2.58. The molecule has 0 aliphatic carbocycles. The summed E-state index contributed by atoms with van der Waals surface area (Å²) >= 11 is 0. The Balaban J connectivity index is 1.77. The second-order valence-corrected chi connectivity index (χ2v) is 13.9. The molecular formula is C48H58N8. The van der Waals surface area contributed by atoms with E-state index in [4.69, 9.17) is 0 Å². The van der Waals surface area contributed by atoms with Crippen molar-refractivity contribution in [1.82, 2.24) is 14.8 Å². The van der Waals surface area contributed by atoms with Gasteiger partial charge in [0.25, 0.3) is 0 Å². The summed E-state index contributed by atoms with van der Waals surface area (Å²) in [6.45, 7) is 10.2. The van der Waals surface area contributed by atoms with Gasteiger partial charge in [-0.3, -0.25) is 14.8 Å². The molecular weight excluding hydrogens is 689 g/mol. The normalized spacial score (nSPS) is 12.4. The van der Waals surface area contributed by atoms with E-state index in [-0.39, 0.29) is 0 Å². The molecule has 8 nitrogen and oxygen atoms in total. The smallest absolute Gasteiger partial charge is 0.177 e. The van der Waals surface area contributed by atoms with Crippen LogP contribution in [-0.4, -0.2) is 55.6 Å². The molecule has 6 rings (SSSR count). The molecule has 0 heterocycles. The van der Waals surface area contributed by atoms with Crippen molar-refractivity contribution >= 4 is 39.8 Å². The Kier molecular flexibility index (Phi) is 13.7. The molecule has 0 fully saturated rings. The van der Waals surface area contributed by atoms with Crippen LogP contribution in [0.25, 0.3) is 0 Å². The minimum Gasteiger partial charge on any atom is -0.386 e. The predicted molar refractivity (Wildman–Crippen MR) is 239 cm³/mol. The number of rotatable bonds is 19. The number of anilines is 7. The molecule has 1 unspecified atom stereocenters. The predicted octanol–water partition coefficient (Wildman–Crippen LogP) is 10.8. The van der Waals surface area contributed by atoms with E-state index in [1.165, 1.54) is 11.1 Å². The number of benzene rings is 6. The molecule has 0 bridgehead atoms. The Morgan fingerprint density at radius 3 is 1.54 bits per heavy atom. The first kappa shape index (κ1) is 39.9. The van der Waals surface area contributed by atoms with Crippen LogP contribution in [0.5, 0.6) is 0 Å². The van der Waals surface area contributed by atoms with Crippen molar-refractivity contribution < 1.29 is 0 Å².